The van der Waals surface area contributed by atoms with Crippen molar-refractivity contribution < 1.29 is 57.0 Å². The number of hydrogen-bond donors (Lipinski definition) is 1. The molecule has 2 saturated carbocycles. The number of rotatable bonds is 7. The highest BCUT2D eigenvalue weighted by Gasteiger charge is 2.37. The molecular weight excluding hydrogens is 853 g/mol. The molecule has 2 aromatic carbocycles. The van der Waals surface area contributed by atoms with Crippen LogP contribution in [0.25, 0.3) is 44.3 Å². The van der Waals surface area contributed by atoms with Crippen molar-refractivity contribution >= 4 is 40.5 Å². The lowest BCUT2D eigenvalue weighted by Crippen LogP contribution is -2.28. The Morgan fingerprint density at radius 2 is 1.15 bits per heavy atom. The van der Waals surface area contributed by atoms with E-state index in [2.05, 4.69) is 15.3 Å². The number of aliphatic hydroxyl groups excluding tert-OH is 1. The average molecular weight is 911 g/mol. The fourth-order valence-corrected chi connectivity index (χ4v) is 8.07. The number of aliphatic hydroxyl groups is 1. The molecule has 6 heterocycles. The van der Waals surface area contributed by atoms with E-state index in [4.69, 9.17) is 42.5 Å². The summed E-state index contributed by atoms with van der Waals surface area (Å²) in [5.74, 6) is 2.99. The van der Waals surface area contributed by atoms with Gasteiger partial charge in [-0.2, -0.15) is 0 Å². The summed E-state index contributed by atoms with van der Waals surface area (Å²) in [6.45, 7) is 21.2. The summed E-state index contributed by atoms with van der Waals surface area (Å²) >= 11 is 0. The van der Waals surface area contributed by atoms with Crippen LogP contribution in [0, 0.1) is 27.7 Å². The number of imidazole rings is 2. The molecule has 0 radical (unpaired) electrons. The van der Waals surface area contributed by atoms with Crippen molar-refractivity contribution in [2.45, 2.75) is 130 Å². The lowest BCUT2D eigenvalue weighted by Gasteiger charge is -2.21. The van der Waals surface area contributed by atoms with E-state index in [1.54, 1.807) is 10.6 Å². The van der Waals surface area contributed by atoms with Crippen LogP contribution in [0.15, 0.2) is 33.3 Å². The molecule has 4 fully saturated rings. The summed E-state index contributed by atoms with van der Waals surface area (Å²) in [5.41, 5.74) is 6.41. The van der Waals surface area contributed by atoms with Crippen LogP contribution in [0.4, 0.5) is 9.59 Å². The summed E-state index contributed by atoms with van der Waals surface area (Å²) in [7, 11) is 0. The number of ether oxygens (including phenoxy) is 6. The quantitative estimate of drug-likeness (QED) is 0.148. The summed E-state index contributed by atoms with van der Waals surface area (Å²) < 4.78 is 45.7. The third-order valence-corrected chi connectivity index (χ3v) is 11.2. The fraction of sp³-hybridized carbons (Fsp3) is 0.521. The molecule has 4 aliphatic rings. The topological polar surface area (TPSA) is 215 Å². The first-order valence-corrected chi connectivity index (χ1v) is 22.3. The summed E-state index contributed by atoms with van der Waals surface area (Å²) in [4.78, 5) is 47.6. The zero-order valence-electron chi connectivity index (χ0n) is 39.2. The van der Waals surface area contributed by atoms with Crippen LogP contribution in [0.2, 0.25) is 0 Å². The normalized spacial score (nSPS) is 17.1. The predicted molar refractivity (Wildman–Crippen MR) is 239 cm³/mol. The predicted octanol–water partition coefficient (Wildman–Crippen LogP) is 9.15. The van der Waals surface area contributed by atoms with Crippen molar-refractivity contribution in [1.29, 1.82) is 0 Å². The van der Waals surface area contributed by atoms with Gasteiger partial charge in [0.05, 0.1) is 59.9 Å². The minimum absolute atomic E-state index is 0.177. The van der Waals surface area contributed by atoms with Gasteiger partial charge in [0.2, 0.25) is 0 Å². The number of carbonyl (C=O) groups excluding carboxylic acids is 3. The zero-order chi connectivity index (χ0) is 47.2. The van der Waals surface area contributed by atoms with Gasteiger partial charge in [0, 0.05) is 34.1 Å². The lowest BCUT2D eigenvalue weighted by atomic mass is 9.97. The van der Waals surface area contributed by atoms with Gasteiger partial charge in [0.15, 0.2) is 12.6 Å². The summed E-state index contributed by atoms with van der Waals surface area (Å²) in [6, 6.07) is 7.37. The van der Waals surface area contributed by atoms with Crippen molar-refractivity contribution in [3.8, 4) is 22.3 Å². The highest BCUT2D eigenvalue weighted by molar-refractivity contribution is 6.01. The summed E-state index contributed by atoms with van der Waals surface area (Å²) in [5, 5.41) is 19.3. The second-order valence-electron chi connectivity index (χ2n) is 19.0. The van der Waals surface area contributed by atoms with Crippen LogP contribution in [-0.2, 0) is 28.4 Å². The number of aldehydes is 1. The van der Waals surface area contributed by atoms with Gasteiger partial charge in [0.25, 0.3) is 0 Å². The average Bonchev–Trinajstić information content (AvgIpc) is 3.77. The largest absolute Gasteiger partial charge is 0.443 e. The molecule has 1 atom stereocenters. The molecule has 352 valence electrons. The smallest absolute Gasteiger partial charge is 0.420 e. The molecule has 10 rings (SSSR count). The minimum Gasteiger partial charge on any atom is -0.443 e. The number of hydrogen-bond acceptors (Lipinski definition) is 16. The van der Waals surface area contributed by atoms with Crippen molar-refractivity contribution in [1.82, 2.24) is 29.4 Å². The first-order valence-electron chi connectivity index (χ1n) is 22.3. The van der Waals surface area contributed by atoms with E-state index >= 15 is 0 Å². The van der Waals surface area contributed by atoms with Crippen LogP contribution in [0.1, 0.15) is 136 Å². The molecule has 1 N–H and O–H groups in total. The molecule has 18 heteroatoms. The van der Waals surface area contributed by atoms with E-state index in [9.17, 15) is 19.5 Å². The maximum absolute atomic E-state index is 13.3. The van der Waals surface area contributed by atoms with E-state index in [1.807, 2.05) is 87.4 Å². The maximum atomic E-state index is 13.3. The van der Waals surface area contributed by atoms with Gasteiger partial charge < -0.3 is 42.6 Å². The minimum atomic E-state index is -1.08. The lowest BCUT2D eigenvalue weighted by molar-refractivity contribution is -0.121. The van der Waals surface area contributed by atoms with Crippen LogP contribution >= 0.6 is 0 Å². The number of benzene rings is 2. The molecular formula is C48H58N6O12. The van der Waals surface area contributed by atoms with Gasteiger partial charge >= 0.3 is 12.2 Å². The van der Waals surface area contributed by atoms with E-state index in [0.717, 1.165) is 73.1 Å². The van der Waals surface area contributed by atoms with Gasteiger partial charge in [-0.3, -0.25) is 4.79 Å². The Balaban J connectivity index is 0.000000164. The van der Waals surface area contributed by atoms with Gasteiger partial charge in [-0.25, -0.2) is 28.7 Å². The Labute approximate surface area is 381 Å². The van der Waals surface area contributed by atoms with Crippen LogP contribution in [-0.4, -0.2) is 104 Å². The second kappa shape index (κ2) is 18.5. The Morgan fingerprint density at radius 3 is 1.55 bits per heavy atom. The zero-order valence-corrected chi connectivity index (χ0v) is 39.2. The molecule has 2 aliphatic heterocycles. The molecule has 18 nitrogen and oxygen atoms in total. The van der Waals surface area contributed by atoms with Crippen molar-refractivity contribution in [2.75, 3.05) is 33.2 Å². The van der Waals surface area contributed by atoms with Crippen LogP contribution in [0.3, 0.4) is 0 Å². The highest BCUT2D eigenvalue weighted by Crippen LogP contribution is 2.45. The van der Waals surface area contributed by atoms with Gasteiger partial charge in [-0.15, -0.1) is 0 Å². The highest BCUT2D eigenvalue weighted by atomic mass is 16.7. The first-order chi connectivity index (χ1) is 31.3. The fourth-order valence-electron chi connectivity index (χ4n) is 8.07. The Morgan fingerprint density at radius 1 is 0.697 bits per heavy atom. The van der Waals surface area contributed by atoms with E-state index < -0.39 is 35.8 Å². The number of carbonyl (C=O) groups is 3. The number of nitrogens with zero attached hydrogens (tertiary/aromatic N) is 6. The summed E-state index contributed by atoms with van der Waals surface area (Å²) in [6.07, 6.45) is 1.77. The second-order valence-corrected chi connectivity index (χ2v) is 19.0. The van der Waals surface area contributed by atoms with Gasteiger partial charge in [-0.05, 0) is 130 Å². The molecule has 0 spiro atoms. The number of aromatic nitrogens is 6. The Kier molecular flexibility index (Phi) is 13.1. The molecule has 66 heavy (non-hydrogen) atoms. The van der Waals surface area contributed by atoms with Crippen LogP contribution in [0.5, 0.6) is 0 Å². The molecule has 6 aromatic rings. The van der Waals surface area contributed by atoms with E-state index in [-0.39, 0.29) is 11.8 Å². The SMILES string of the molecule is C1COCO1.Cc1noc(C)c1-c1cc(C(O)C2OCCO2)c2nc(C3CC3)n(C(=O)OC(C)(C)C)c2c1.Cc1noc(C)c1-c1cc(C=O)c2nc(C3CC3)n(C(=O)OC(C)(C)C)c2c1. The first kappa shape index (κ1) is 46.7. The van der Waals surface area contributed by atoms with E-state index in [0.29, 0.717) is 82.1 Å². The van der Waals surface area contributed by atoms with Crippen molar-refractivity contribution in [3.63, 3.8) is 0 Å². The van der Waals surface area contributed by atoms with Crippen molar-refractivity contribution in [3.05, 3.63) is 69.9 Å². The molecule has 2 saturated heterocycles. The number of fused-ring (bicyclic) bond motifs is 2. The third kappa shape index (κ3) is 9.97. The molecule has 0 amide bonds. The van der Waals surface area contributed by atoms with E-state index in [1.165, 1.54) is 4.57 Å². The molecule has 1 unspecified atom stereocenters. The molecule has 4 aromatic heterocycles. The molecule has 2 aliphatic carbocycles. The Bertz CT molecular complexity index is 2720. The van der Waals surface area contributed by atoms with Gasteiger partial charge in [0.1, 0.15) is 47.3 Å². The van der Waals surface area contributed by atoms with Crippen molar-refractivity contribution in [2.24, 2.45) is 0 Å². The standard InChI is InChI=1S/C24H29N3O6.C21H23N3O4.C3H6O2/c1-12-18(13(2)33-26-12)15-10-16(20(28)22-30-8-9-31-22)19-17(11-15)27(21(25-19)14-6-7-14)23(29)32-24(3,4)5;1-11-17(12(2)28-23-11)14-8-15(10-25)18-16(9-14)24(19(22-18)13-6-7-13)20(26)27-21(3,4)5;1-2-5-3-4-1/h10-11,14,20,22,28H,6-9H2,1-5H3;8-10,13H,6-7H2,1-5H3;1-3H2. The number of aryl methyl sites for hydroxylation is 4. The van der Waals surface area contributed by atoms with Crippen LogP contribution < -0.4 is 0 Å². The monoisotopic (exact) mass is 910 g/mol. The van der Waals surface area contributed by atoms with Gasteiger partial charge in [-0.1, -0.05) is 10.3 Å². The Hall–Kier alpha value is -5.79. The molecule has 0 bridgehead atoms. The maximum Gasteiger partial charge on any atom is 0.420 e. The third-order valence-electron chi connectivity index (χ3n) is 11.2.